The number of hydrogen-bond acceptors (Lipinski definition) is 5. The van der Waals surface area contributed by atoms with E-state index in [0.717, 1.165) is 25.8 Å². The van der Waals surface area contributed by atoms with Crippen molar-refractivity contribution in [3.05, 3.63) is 0 Å². The molecular formula is C15H29NO4. The fourth-order valence-corrected chi connectivity index (χ4v) is 2.69. The zero-order valence-electron chi connectivity index (χ0n) is 12.6. The Bertz CT molecular complexity index is 275. The number of aliphatic hydroxyl groups is 2. The lowest BCUT2D eigenvalue weighted by Crippen LogP contribution is -2.44. The summed E-state index contributed by atoms with van der Waals surface area (Å²) in [4.78, 5) is 11.6. The molecule has 0 aromatic rings. The van der Waals surface area contributed by atoms with E-state index >= 15 is 0 Å². The predicted octanol–water partition coefficient (Wildman–Crippen LogP) is 1.22. The van der Waals surface area contributed by atoms with Crippen molar-refractivity contribution >= 4 is 5.97 Å². The van der Waals surface area contributed by atoms with Gasteiger partial charge in [-0.25, -0.2) is 0 Å². The normalized spacial score (nSPS) is 26.4. The third-order valence-corrected chi connectivity index (χ3v) is 4.00. The van der Waals surface area contributed by atoms with Gasteiger partial charge < -0.3 is 20.3 Å². The van der Waals surface area contributed by atoms with Crippen LogP contribution < -0.4 is 5.32 Å². The average molecular weight is 287 g/mol. The summed E-state index contributed by atoms with van der Waals surface area (Å²) in [6.07, 6.45) is 5.59. The lowest BCUT2D eigenvalue weighted by molar-refractivity contribution is -0.151. The molecule has 0 spiro atoms. The number of nitrogens with one attached hydrogen (secondary N) is 1. The summed E-state index contributed by atoms with van der Waals surface area (Å²) < 4.78 is 5.03. The van der Waals surface area contributed by atoms with Crippen LogP contribution in [-0.4, -0.2) is 48.1 Å². The summed E-state index contributed by atoms with van der Waals surface area (Å²) in [5.41, 5.74) is -0.681. The highest BCUT2D eigenvalue weighted by Crippen LogP contribution is 2.32. The fraction of sp³-hybridized carbons (Fsp3) is 0.933. The van der Waals surface area contributed by atoms with Crippen LogP contribution in [0.4, 0.5) is 0 Å². The van der Waals surface area contributed by atoms with Crippen LogP contribution in [0.5, 0.6) is 0 Å². The minimum atomic E-state index is -0.681. The van der Waals surface area contributed by atoms with Crippen LogP contribution in [0, 0.1) is 5.92 Å². The minimum Gasteiger partial charge on any atom is -0.466 e. The number of carbonyl (C=O) groups is 1. The van der Waals surface area contributed by atoms with E-state index in [9.17, 15) is 9.90 Å². The van der Waals surface area contributed by atoms with Crippen molar-refractivity contribution in [3.63, 3.8) is 0 Å². The third-order valence-electron chi connectivity index (χ3n) is 4.00. The van der Waals surface area contributed by atoms with Crippen LogP contribution in [0.25, 0.3) is 0 Å². The van der Waals surface area contributed by atoms with E-state index in [-0.39, 0.29) is 18.5 Å². The maximum absolute atomic E-state index is 11.6. The second kappa shape index (κ2) is 9.32. The van der Waals surface area contributed by atoms with Gasteiger partial charge in [0.05, 0.1) is 18.1 Å². The van der Waals surface area contributed by atoms with Gasteiger partial charge in [-0.05, 0) is 58.4 Å². The first-order valence-electron chi connectivity index (χ1n) is 7.82. The molecule has 1 aliphatic rings. The highest BCUT2D eigenvalue weighted by atomic mass is 16.5. The molecule has 0 unspecified atom stereocenters. The molecule has 118 valence electrons. The summed E-state index contributed by atoms with van der Waals surface area (Å²) in [6.45, 7) is 3.94. The van der Waals surface area contributed by atoms with Crippen molar-refractivity contribution < 1.29 is 19.7 Å². The summed E-state index contributed by atoms with van der Waals surface area (Å²) in [5, 5.41) is 22.4. The van der Waals surface area contributed by atoms with Gasteiger partial charge in [-0.1, -0.05) is 0 Å². The molecule has 0 atom stereocenters. The molecule has 1 aliphatic carbocycles. The van der Waals surface area contributed by atoms with Gasteiger partial charge in [-0.15, -0.1) is 0 Å². The van der Waals surface area contributed by atoms with Crippen molar-refractivity contribution in [1.82, 2.24) is 5.32 Å². The van der Waals surface area contributed by atoms with Gasteiger partial charge in [0.2, 0.25) is 0 Å². The molecule has 0 aromatic heterocycles. The molecule has 5 nitrogen and oxygen atoms in total. The molecule has 0 aliphatic heterocycles. The summed E-state index contributed by atoms with van der Waals surface area (Å²) in [7, 11) is 0. The number of unbranched alkanes of at least 4 members (excludes halogenated alkanes) is 2. The Labute approximate surface area is 121 Å². The number of carbonyl (C=O) groups excluding carboxylic acids is 1. The Morgan fingerprint density at radius 1 is 1.30 bits per heavy atom. The van der Waals surface area contributed by atoms with E-state index in [1.807, 2.05) is 6.92 Å². The number of esters is 1. The molecule has 0 saturated heterocycles. The van der Waals surface area contributed by atoms with Gasteiger partial charge in [0.1, 0.15) is 0 Å². The molecular weight excluding hydrogens is 258 g/mol. The van der Waals surface area contributed by atoms with Gasteiger partial charge in [-0.2, -0.15) is 0 Å². The molecule has 0 radical (unpaired) electrons. The first-order chi connectivity index (χ1) is 9.61. The highest BCUT2D eigenvalue weighted by molar-refractivity contribution is 5.72. The van der Waals surface area contributed by atoms with Crippen molar-refractivity contribution in [2.24, 2.45) is 5.92 Å². The zero-order chi connectivity index (χ0) is 14.8. The summed E-state index contributed by atoms with van der Waals surface area (Å²) >= 11 is 0. The van der Waals surface area contributed by atoms with Crippen molar-refractivity contribution in [2.45, 2.75) is 57.5 Å². The maximum atomic E-state index is 11.6. The summed E-state index contributed by atoms with van der Waals surface area (Å²) in [5.74, 6) is -0.161. The molecule has 3 N–H and O–H groups in total. The van der Waals surface area contributed by atoms with Crippen molar-refractivity contribution in [2.75, 3.05) is 26.3 Å². The first kappa shape index (κ1) is 17.4. The zero-order valence-corrected chi connectivity index (χ0v) is 12.6. The van der Waals surface area contributed by atoms with Crippen LogP contribution in [-0.2, 0) is 9.53 Å². The topological polar surface area (TPSA) is 78.8 Å². The molecule has 1 fully saturated rings. The van der Waals surface area contributed by atoms with Crippen LogP contribution >= 0.6 is 0 Å². The highest BCUT2D eigenvalue weighted by Gasteiger charge is 2.35. The Balaban J connectivity index is 2.16. The standard InChI is InChI=1S/C15H29NO4/c1-2-20-14(18)13-6-8-15(19,9-7-13)12-16-10-4-3-5-11-17/h13,16-17,19H,2-12H2,1H3. The molecule has 0 bridgehead atoms. The monoisotopic (exact) mass is 287 g/mol. The molecule has 5 heteroatoms. The van der Waals surface area contributed by atoms with E-state index in [1.54, 1.807) is 0 Å². The van der Waals surface area contributed by atoms with Crippen molar-refractivity contribution in [3.8, 4) is 0 Å². The van der Waals surface area contributed by atoms with E-state index in [4.69, 9.17) is 9.84 Å². The van der Waals surface area contributed by atoms with Crippen LogP contribution in [0.2, 0.25) is 0 Å². The quantitative estimate of drug-likeness (QED) is 0.439. The molecule has 20 heavy (non-hydrogen) atoms. The Morgan fingerprint density at radius 2 is 2.00 bits per heavy atom. The van der Waals surface area contributed by atoms with Crippen LogP contribution in [0.1, 0.15) is 51.9 Å². The molecule has 1 rings (SSSR count). The SMILES string of the molecule is CCOC(=O)C1CCC(O)(CNCCCCCO)CC1. The van der Waals surface area contributed by atoms with E-state index in [1.165, 1.54) is 0 Å². The second-order valence-corrected chi connectivity index (χ2v) is 5.71. The van der Waals surface area contributed by atoms with Gasteiger partial charge >= 0.3 is 5.97 Å². The Hall–Kier alpha value is -0.650. The number of hydrogen-bond donors (Lipinski definition) is 3. The maximum Gasteiger partial charge on any atom is 0.308 e. The third kappa shape index (κ3) is 6.20. The molecule has 0 amide bonds. The first-order valence-corrected chi connectivity index (χ1v) is 7.82. The van der Waals surface area contributed by atoms with Gasteiger partial charge in [-0.3, -0.25) is 4.79 Å². The second-order valence-electron chi connectivity index (χ2n) is 5.71. The van der Waals surface area contributed by atoms with E-state index < -0.39 is 5.60 Å². The number of aliphatic hydroxyl groups excluding tert-OH is 1. The largest absolute Gasteiger partial charge is 0.466 e. The van der Waals surface area contributed by atoms with Crippen LogP contribution in [0.15, 0.2) is 0 Å². The minimum absolute atomic E-state index is 0.0419. The lowest BCUT2D eigenvalue weighted by Gasteiger charge is -2.35. The van der Waals surface area contributed by atoms with E-state index in [0.29, 0.717) is 38.8 Å². The van der Waals surface area contributed by atoms with Crippen LogP contribution in [0.3, 0.4) is 0 Å². The number of rotatable bonds is 9. The smallest absolute Gasteiger partial charge is 0.308 e. The van der Waals surface area contributed by atoms with Gasteiger partial charge in [0, 0.05) is 13.2 Å². The van der Waals surface area contributed by atoms with E-state index in [2.05, 4.69) is 5.32 Å². The Kier molecular flexibility index (Phi) is 8.11. The van der Waals surface area contributed by atoms with Crippen molar-refractivity contribution in [1.29, 1.82) is 0 Å². The lowest BCUT2D eigenvalue weighted by atomic mass is 9.79. The fourth-order valence-electron chi connectivity index (χ4n) is 2.69. The number of ether oxygens (including phenoxy) is 1. The van der Waals surface area contributed by atoms with Gasteiger partial charge in [0.15, 0.2) is 0 Å². The van der Waals surface area contributed by atoms with Gasteiger partial charge in [0.25, 0.3) is 0 Å². The summed E-state index contributed by atoms with van der Waals surface area (Å²) in [6, 6.07) is 0. The molecule has 0 aromatic carbocycles. The average Bonchev–Trinajstić information content (AvgIpc) is 2.44. The molecule has 1 saturated carbocycles. The molecule has 0 heterocycles. The Morgan fingerprint density at radius 3 is 2.60 bits per heavy atom. The predicted molar refractivity (Wildman–Crippen MR) is 77.3 cm³/mol.